The van der Waals surface area contributed by atoms with Crippen LogP contribution >= 0.6 is 0 Å². The number of hydrogen-bond donors (Lipinski definition) is 2. The number of piperidine rings is 1. The van der Waals surface area contributed by atoms with Gasteiger partial charge in [0.15, 0.2) is 0 Å². The van der Waals surface area contributed by atoms with Crippen LogP contribution in [0.25, 0.3) is 0 Å². The zero-order valence-electron chi connectivity index (χ0n) is 9.66. The Morgan fingerprint density at radius 2 is 2.29 bits per heavy atom. The summed E-state index contributed by atoms with van der Waals surface area (Å²) in [7, 11) is 2.00. The van der Waals surface area contributed by atoms with Crippen LogP contribution in [0.1, 0.15) is 20.3 Å². The molecule has 0 aromatic carbocycles. The molecule has 1 rings (SSSR count). The maximum Gasteiger partial charge on any atom is 0.0590 e. The van der Waals surface area contributed by atoms with Gasteiger partial charge in [0.05, 0.1) is 6.10 Å². The highest BCUT2D eigenvalue weighted by Gasteiger charge is 2.24. The first-order valence-corrected chi connectivity index (χ1v) is 5.68. The largest absolute Gasteiger partial charge is 0.393 e. The number of rotatable bonds is 4. The summed E-state index contributed by atoms with van der Waals surface area (Å²) in [4.78, 5) is 2.47. The Morgan fingerprint density at radius 1 is 1.57 bits per heavy atom. The van der Waals surface area contributed by atoms with Crippen LogP contribution in [0.4, 0.5) is 0 Å². The highest BCUT2D eigenvalue weighted by atomic mass is 16.3. The maximum absolute atomic E-state index is 9.59. The highest BCUT2D eigenvalue weighted by Crippen LogP contribution is 2.17. The Bertz CT molecular complexity index is 163. The Balaban J connectivity index is 2.25. The van der Waals surface area contributed by atoms with Crippen LogP contribution < -0.4 is 5.32 Å². The Kier molecular flexibility index (Phi) is 4.85. The van der Waals surface area contributed by atoms with Gasteiger partial charge in [0, 0.05) is 19.6 Å². The second-order valence-electron chi connectivity index (χ2n) is 4.76. The lowest BCUT2D eigenvalue weighted by Gasteiger charge is -2.35. The zero-order valence-corrected chi connectivity index (χ0v) is 9.66. The summed E-state index contributed by atoms with van der Waals surface area (Å²) in [6.45, 7) is 8.74. The predicted molar refractivity (Wildman–Crippen MR) is 59.3 cm³/mol. The van der Waals surface area contributed by atoms with Crippen LogP contribution in [-0.4, -0.2) is 49.3 Å². The van der Waals surface area contributed by atoms with Gasteiger partial charge in [-0.25, -0.2) is 0 Å². The molecule has 1 fully saturated rings. The second-order valence-corrected chi connectivity index (χ2v) is 4.76. The lowest BCUT2D eigenvalue weighted by molar-refractivity contribution is 0.0301. The van der Waals surface area contributed by atoms with E-state index in [0.717, 1.165) is 32.6 Å². The molecule has 84 valence electrons. The van der Waals surface area contributed by atoms with Gasteiger partial charge >= 0.3 is 0 Å². The van der Waals surface area contributed by atoms with Gasteiger partial charge in [-0.1, -0.05) is 13.8 Å². The number of aliphatic hydroxyl groups excluding tert-OH is 1. The van der Waals surface area contributed by atoms with E-state index in [9.17, 15) is 5.11 Å². The van der Waals surface area contributed by atoms with Crippen molar-refractivity contribution in [1.29, 1.82) is 0 Å². The van der Waals surface area contributed by atoms with Crippen molar-refractivity contribution in [2.24, 2.45) is 11.8 Å². The fraction of sp³-hybridized carbons (Fsp3) is 1.00. The molecule has 0 aromatic heterocycles. The molecule has 3 heteroatoms. The SMILES string of the molecule is CNCC(C)CN1CCC(O)C(C)C1. The van der Waals surface area contributed by atoms with E-state index in [1.54, 1.807) is 0 Å². The van der Waals surface area contributed by atoms with E-state index in [2.05, 4.69) is 24.1 Å². The fourth-order valence-corrected chi connectivity index (χ4v) is 2.24. The normalized spacial score (nSPS) is 31.7. The van der Waals surface area contributed by atoms with Crippen molar-refractivity contribution in [3.63, 3.8) is 0 Å². The standard InChI is InChI=1S/C11H24N2O/c1-9(6-12-3)7-13-5-4-11(14)10(2)8-13/h9-12,14H,4-8H2,1-3H3. The van der Waals surface area contributed by atoms with Gasteiger partial charge in [0.25, 0.3) is 0 Å². The van der Waals surface area contributed by atoms with E-state index in [1.165, 1.54) is 0 Å². The van der Waals surface area contributed by atoms with Gasteiger partial charge in [0.2, 0.25) is 0 Å². The number of nitrogens with zero attached hydrogens (tertiary/aromatic N) is 1. The monoisotopic (exact) mass is 200 g/mol. The topological polar surface area (TPSA) is 35.5 Å². The first-order chi connectivity index (χ1) is 6.63. The van der Waals surface area contributed by atoms with Crippen LogP contribution in [-0.2, 0) is 0 Å². The fourth-order valence-electron chi connectivity index (χ4n) is 2.24. The molecule has 1 saturated heterocycles. The van der Waals surface area contributed by atoms with Gasteiger partial charge in [-0.2, -0.15) is 0 Å². The second kappa shape index (κ2) is 5.69. The lowest BCUT2D eigenvalue weighted by Crippen LogP contribution is -2.44. The van der Waals surface area contributed by atoms with Gasteiger partial charge in [-0.15, -0.1) is 0 Å². The van der Waals surface area contributed by atoms with Crippen molar-refractivity contribution in [3.05, 3.63) is 0 Å². The molecule has 0 spiro atoms. The van der Waals surface area contributed by atoms with E-state index in [0.29, 0.717) is 11.8 Å². The predicted octanol–water partition coefficient (Wildman–Crippen LogP) is 0.545. The summed E-state index contributed by atoms with van der Waals surface area (Å²) in [5.74, 6) is 1.13. The highest BCUT2D eigenvalue weighted by molar-refractivity contribution is 4.78. The molecular weight excluding hydrogens is 176 g/mol. The zero-order chi connectivity index (χ0) is 10.6. The molecule has 3 nitrogen and oxygen atoms in total. The minimum atomic E-state index is -0.0779. The van der Waals surface area contributed by atoms with E-state index in [4.69, 9.17) is 0 Å². The van der Waals surface area contributed by atoms with E-state index in [1.807, 2.05) is 7.05 Å². The van der Waals surface area contributed by atoms with Gasteiger partial charge in [0.1, 0.15) is 0 Å². The third-order valence-corrected chi connectivity index (χ3v) is 3.07. The number of hydrogen-bond acceptors (Lipinski definition) is 3. The van der Waals surface area contributed by atoms with Gasteiger partial charge < -0.3 is 15.3 Å². The van der Waals surface area contributed by atoms with Gasteiger partial charge in [-0.05, 0) is 31.8 Å². The van der Waals surface area contributed by atoms with Crippen LogP contribution in [0.3, 0.4) is 0 Å². The number of nitrogens with one attached hydrogen (secondary N) is 1. The third kappa shape index (κ3) is 3.56. The van der Waals surface area contributed by atoms with E-state index < -0.39 is 0 Å². The third-order valence-electron chi connectivity index (χ3n) is 3.07. The summed E-state index contributed by atoms with van der Waals surface area (Å²) in [6, 6.07) is 0. The summed E-state index contributed by atoms with van der Waals surface area (Å²) in [6.07, 6.45) is 0.860. The molecule has 0 radical (unpaired) electrons. The van der Waals surface area contributed by atoms with Crippen LogP contribution in [0.15, 0.2) is 0 Å². The van der Waals surface area contributed by atoms with Crippen molar-refractivity contribution in [1.82, 2.24) is 10.2 Å². The molecule has 1 aliphatic rings. The van der Waals surface area contributed by atoms with Crippen molar-refractivity contribution in [2.75, 3.05) is 33.2 Å². The first-order valence-electron chi connectivity index (χ1n) is 5.68. The Hall–Kier alpha value is -0.120. The molecule has 0 saturated carbocycles. The summed E-state index contributed by atoms with van der Waals surface area (Å²) >= 11 is 0. The summed E-state index contributed by atoms with van der Waals surface area (Å²) in [5.41, 5.74) is 0. The van der Waals surface area contributed by atoms with Crippen molar-refractivity contribution in [3.8, 4) is 0 Å². The lowest BCUT2D eigenvalue weighted by atomic mass is 9.96. The maximum atomic E-state index is 9.59. The molecule has 3 unspecified atom stereocenters. The minimum Gasteiger partial charge on any atom is -0.393 e. The summed E-state index contributed by atoms with van der Waals surface area (Å²) in [5, 5.41) is 12.8. The average molecular weight is 200 g/mol. The van der Waals surface area contributed by atoms with E-state index in [-0.39, 0.29) is 6.10 Å². The molecular formula is C11H24N2O. The quantitative estimate of drug-likeness (QED) is 0.695. The van der Waals surface area contributed by atoms with Crippen LogP contribution in [0.2, 0.25) is 0 Å². The molecule has 0 amide bonds. The first kappa shape index (κ1) is 12.0. The number of aliphatic hydroxyl groups is 1. The van der Waals surface area contributed by atoms with Crippen molar-refractivity contribution in [2.45, 2.75) is 26.4 Å². The molecule has 2 N–H and O–H groups in total. The van der Waals surface area contributed by atoms with Crippen LogP contribution in [0.5, 0.6) is 0 Å². The minimum absolute atomic E-state index is 0.0779. The number of likely N-dealkylation sites (tertiary alicyclic amines) is 1. The Morgan fingerprint density at radius 3 is 2.86 bits per heavy atom. The average Bonchev–Trinajstić information content (AvgIpc) is 2.12. The van der Waals surface area contributed by atoms with E-state index >= 15 is 0 Å². The molecule has 0 bridgehead atoms. The molecule has 14 heavy (non-hydrogen) atoms. The molecule has 0 aliphatic carbocycles. The molecule has 3 atom stereocenters. The van der Waals surface area contributed by atoms with Gasteiger partial charge in [-0.3, -0.25) is 0 Å². The summed E-state index contributed by atoms with van der Waals surface area (Å²) < 4.78 is 0. The van der Waals surface area contributed by atoms with Crippen molar-refractivity contribution >= 4 is 0 Å². The molecule has 1 heterocycles. The van der Waals surface area contributed by atoms with Crippen molar-refractivity contribution < 1.29 is 5.11 Å². The van der Waals surface area contributed by atoms with Crippen LogP contribution in [0, 0.1) is 11.8 Å². The molecule has 0 aromatic rings. The Labute approximate surface area is 87.5 Å². The molecule has 1 aliphatic heterocycles. The smallest absolute Gasteiger partial charge is 0.0590 e.